The number of Topliss-reactive ketones (excluding diaryl/α,β-unsaturated/α-hetero) is 1. The summed E-state index contributed by atoms with van der Waals surface area (Å²) in [6, 6.07) is 6.31. The van der Waals surface area contributed by atoms with E-state index >= 15 is 0 Å². The van der Waals surface area contributed by atoms with E-state index in [-0.39, 0.29) is 56.8 Å². The fraction of sp³-hybridized carbons (Fsp3) is 0.360. The fourth-order valence-electron chi connectivity index (χ4n) is 4.09. The van der Waals surface area contributed by atoms with Gasteiger partial charge in [-0.05, 0) is 6.92 Å². The minimum Gasteiger partial charge on any atom is -0.507 e. The molecule has 1 aromatic heterocycles. The maximum Gasteiger partial charge on any atom is 0.402 e. The minimum atomic E-state index is -1.87. The van der Waals surface area contributed by atoms with Gasteiger partial charge in [-0.2, -0.15) is 0 Å². The quantitative estimate of drug-likeness (QED) is 0.208. The molecule has 0 aliphatic carbocycles. The van der Waals surface area contributed by atoms with Crippen LogP contribution in [0.25, 0.3) is 22.3 Å². The number of ether oxygens (including phenoxy) is 4. The van der Waals surface area contributed by atoms with Crippen molar-refractivity contribution in [2.75, 3.05) is 14.2 Å². The number of phenolic OH excluding ortho intramolecular Hbond substituents is 3. The molecule has 6 atom stereocenters. The molecule has 13 heteroatoms. The van der Waals surface area contributed by atoms with Crippen molar-refractivity contribution in [3.63, 3.8) is 0 Å². The van der Waals surface area contributed by atoms with Crippen LogP contribution >= 0.6 is 0 Å². The molecule has 0 spiro atoms. The van der Waals surface area contributed by atoms with E-state index in [0.717, 1.165) is 13.0 Å². The predicted molar refractivity (Wildman–Crippen MR) is 128 cm³/mol. The molecule has 4 rings (SSSR count). The summed E-state index contributed by atoms with van der Waals surface area (Å²) in [5.74, 6) is -2.02. The summed E-state index contributed by atoms with van der Waals surface area (Å²) < 4.78 is 27.6. The van der Waals surface area contributed by atoms with Gasteiger partial charge in [0.05, 0.1) is 25.8 Å². The van der Waals surface area contributed by atoms with Gasteiger partial charge >= 0.3 is 11.3 Å². The summed E-state index contributed by atoms with van der Waals surface area (Å²) in [6.07, 6.45) is -10.7. The van der Waals surface area contributed by atoms with E-state index in [0.29, 0.717) is 0 Å². The summed E-state index contributed by atoms with van der Waals surface area (Å²) in [4.78, 5) is 11.7. The lowest BCUT2D eigenvalue weighted by Gasteiger charge is -2.41. The molecular weight excluding hydrogens is 508 g/mol. The van der Waals surface area contributed by atoms with E-state index in [4.69, 9.17) is 23.4 Å². The molecule has 2 unspecified atom stereocenters. The summed E-state index contributed by atoms with van der Waals surface area (Å²) in [6.45, 7) is 1.05. The highest BCUT2D eigenvalue weighted by Gasteiger charge is 2.49. The predicted octanol–water partition coefficient (Wildman–Crippen LogP) is 0.651. The topological polar surface area (TPSA) is 207 Å². The highest BCUT2D eigenvalue weighted by Crippen LogP contribution is 2.45. The first-order valence-electron chi connectivity index (χ1n) is 11.3. The lowest BCUT2D eigenvalue weighted by Crippen LogP contribution is -2.62. The molecule has 0 amide bonds. The molecule has 2 aromatic carbocycles. The molecule has 3 aromatic rings. The molecule has 7 N–H and O–H groups in total. The zero-order valence-electron chi connectivity index (χ0n) is 20.4. The molecule has 1 aliphatic heterocycles. The molecule has 2 heterocycles. The number of fused-ring (bicyclic) bond motifs is 1. The third-order valence-corrected chi connectivity index (χ3v) is 6.14. The van der Waals surface area contributed by atoms with Crippen molar-refractivity contribution in [2.24, 2.45) is 0 Å². The van der Waals surface area contributed by atoms with Gasteiger partial charge in [0.1, 0.15) is 47.4 Å². The molecule has 38 heavy (non-hydrogen) atoms. The van der Waals surface area contributed by atoms with Gasteiger partial charge in [0.15, 0.2) is 17.3 Å². The largest absolute Gasteiger partial charge is 0.507 e. The number of carbonyl (C=O) groups excluding carboxylic acids is 1. The zero-order valence-corrected chi connectivity index (χ0v) is 20.4. The Kier molecular flexibility index (Phi) is 7.49. The highest BCUT2D eigenvalue weighted by atomic mass is 16.7. The second-order valence-corrected chi connectivity index (χ2v) is 8.66. The van der Waals surface area contributed by atoms with Crippen LogP contribution in [0.4, 0.5) is 0 Å². The normalized spacial score (nSPS) is 24.1. The van der Waals surface area contributed by atoms with Gasteiger partial charge in [0.2, 0.25) is 17.8 Å². The summed E-state index contributed by atoms with van der Waals surface area (Å²) in [7, 11) is 2.62. The van der Waals surface area contributed by atoms with Crippen LogP contribution in [0.15, 0.2) is 34.7 Å². The molecule has 204 valence electrons. The maximum absolute atomic E-state index is 11.7. The number of aliphatic hydroxyl groups is 4. The van der Waals surface area contributed by atoms with Gasteiger partial charge < -0.3 is 54.7 Å². The Morgan fingerprint density at radius 2 is 1.55 bits per heavy atom. The molecule has 0 radical (unpaired) electrons. The van der Waals surface area contributed by atoms with Crippen LogP contribution in [0.2, 0.25) is 0 Å². The Bertz CT molecular complexity index is 1330. The van der Waals surface area contributed by atoms with Crippen molar-refractivity contribution in [3.8, 4) is 45.8 Å². The Hall–Kier alpha value is -3.88. The van der Waals surface area contributed by atoms with E-state index in [1.165, 1.54) is 38.5 Å². The number of benzene rings is 2. The number of methoxy groups -OCH3 is 2. The Labute approximate surface area is 215 Å². The number of hydrogen-bond acceptors (Lipinski definition) is 12. The molecule has 1 aliphatic rings. The van der Waals surface area contributed by atoms with Gasteiger partial charge in [-0.3, -0.25) is 4.79 Å². The number of aromatic hydroxyl groups is 3. The minimum absolute atomic E-state index is 0.00325. The number of aliphatic hydroxyl groups excluding tert-OH is 4. The molecule has 0 bridgehead atoms. The van der Waals surface area contributed by atoms with Crippen LogP contribution in [0.3, 0.4) is 0 Å². The van der Waals surface area contributed by atoms with Crippen molar-refractivity contribution < 1.29 is 63.9 Å². The fourth-order valence-corrected chi connectivity index (χ4v) is 4.09. The van der Waals surface area contributed by atoms with Crippen molar-refractivity contribution in [2.45, 2.75) is 43.7 Å². The van der Waals surface area contributed by atoms with Gasteiger partial charge in [0, 0.05) is 24.3 Å². The molecule has 1 saturated heterocycles. The van der Waals surface area contributed by atoms with Crippen LogP contribution in [0, 0.1) is 0 Å². The molecule has 0 saturated carbocycles. The second kappa shape index (κ2) is 10.5. The average Bonchev–Trinajstić information content (AvgIpc) is 2.88. The zero-order chi connectivity index (χ0) is 27.9. The summed E-state index contributed by atoms with van der Waals surface area (Å²) in [5.41, 5.74) is 0.226. The number of phenols is 3. The van der Waals surface area contributed by atoms with E-state index < -0.39 is 42.6 Å². The van der Waals surface area contributed by atoms with Crippen LogP contribution in [-0.2, 0) is 9.53 Å². The van der Waals surface area contributed by atoms with E-state index in [1.807, 2.05) is 0 Å². The lowest BCUT2D eigenvalue weighted by molar-refractivity contribution is -0.285. The summed E-state index contributed by atoms with van der Waals surface area (Å²) in [5, 5.41) is 72.1. The van der Waals surface area contributed by atoms with Gasteiger partial charge in [-0.25, -0.2) is 4.42 Å². The van der Waals surface area contributed by atoms with Crippen LogP contribution in [-0.4, -0.2) is 92.6 Å². The Morgan fingerprint density at radius 1 is 0.921 bits per heavy atom. The molecule has 1 fully saturated rings. The van der Waals surface area contributed by atoms with Crippen molar-refractivity contribution in [1.82, 2.24) is 0 Å². The van der Waals surface area contributed by atoms with Crippen molar-refractivity contribution in [3.05, 3.63) is 30.3 Å². The third kappa shape index (κ3) is 4.85. The summed E-state index contributed by atoms with van der Waals surface area (Å²) >= 11 is 0. The first-order valence-corrected chi connectivity index (χ1v) is 11.3. The monoisotopic (exact) mass is 535 g/mol. The van der Waals surface area contributed by atoms with Crippen LogP contribution in [0.1, 0.15) is 6.92 Å². The van der Waals surface area contributed by atoms with Crippen molar-refractivity contribution >= 4 is 16.8 Å². The number of hydrogen-bond donors (Lipinski definition) is 7. The van der Waals surface area contributed by atoms with Crippen LogP contribution < -0.4 is 14.2 Å². The lowest BCUT2D eigenvalue weighted by atomic mass is 9.94. The Morgan fingerprint density at radius 3 is 2.13 bits per heavy atom. The third-order valence-electron chi connectivity index (χ3n) is 6.14. The second-order valence-electron chi connectivity index (χ2n) is 8.66. The van der Waals surface area contributed by atoms with Crippen molar-refractivity contribution in [1.29, 1.82) is 0 Å². The van der Waals surface area contributed by atoms with E-state index in [9.17, 15) is 40.5 Å². The van der Waals surface area contributed by atoms with E-state index in [2.05, 4.69) is 0 Å². The molecular formula is C25H27O13+. The van der Waals surface area contributed by atoms with Gasteiger partial charge in [-0.15, -0.1) is 0 Å². The first kappa shape index (κ1) is 27.2. The van der Waals surface area contributed by atoms with Gasteiger partial charge in [0.25, 0.3) is 0 Å². The van der Waals surface area contributed by atoms with Crippen LogP contribution in [0.5, 0.6) is 34.5 Å². The first-order chi connectivity index (χ1) is 18.0. The smallest absolute Gasteiger partial charge is 0.402 e. The highest BCUT2D eigenvalue weighted by molar-refractivity contribution is 5.88. The van der Waals surface area contributed by atoms with E-state index in [1.54, 1.807) is 0 Å². The number of rotatable bonds is 7. The average molecular weight is 535 g/mol. The number of ketones is 1. The standard InChI is InChI=1S/C25H26O13/c1-9(26)18(29)24-21(32)20(31)22(33)25(38-24)37-17-8-12-13(28)6-11(27)7-14(12)36-23(17)10-4-15(34-2)19(30)16(5-10)35-3/h4-8,18,20-22,24-25,29,31-33H,1-3H3,(H2-,27,28,30)/p+1/t18?,20-,21-,22+,24+,25?/m0/s1. The Balaban J connectivity index is 1.87. The SMILES string of the molecule is COc1cc(-c2[o+]c3cc(O)cc(O)c3cc2OC2O[C@H](C(O)C(C)=O)[C@@H](O)[C@H](O)[C@H]2O)cc(OC)c1O. The molecule has 13 nitrogen and oxygen atoms in total. The maximum atomic E-state index is 11.7. The van der Waals surface area contributed by atoms with Gasteiger partial charge in [-0.1, -0.05) is 0 Å². The number of carbonyl (C=O) groups is 1.